The van der Waals surface area contributed by atoms with Crippen molar-refractivity contribution in [3.8, 4) is 11.1 Å². The molecule has 0 spiro atoms. The van der Waals surface area contributed by atoms with E-state index < -0.39 is 22.9 Å². The summed E-state index contributed by atoms with van der Waals surface area (Å²) in [5, 5.41) is 10.9. The number of pyridine rings is 1. The number of thioether (sulfide) groups is 1. The van der Waals surface area contributed by atoms with Crippen molar-refractivity contribution in [2.75, 3.05) is 25.0 Å². The molecule has 0 aliphatic carbocycles. The van der Waals surface area contributed by atoms with E-state index in [-0.39, 0.29) is 23.1 Å². The van der Waals surface area contributed by atoms with E-state index in [0.717, 1.165) is 21.6 Å². The Balaban J connectivity index is 1.51. The molecule has 3 heterocycles. The van der Waals surface area contributed by atoms with Crippen LogP contribution in [0.2, 0.25) is 0 Å². The number of hydrogen-bond donors (Lipinski definition) is 4. The Bertz CT molecular complexity index is 1410. The van der Waals surface area contributed by atoms with Crippen LogP contribution >= 0.6 is 11.8 Å². The van der Waals surface area contributed by atoms with Crippen molar-refractivity contribution in [3.05, 3.63) is 58.8 Å². The minimum absolute atomic E-state index is 0.187. The maximum Gasteiger partial charge on any atom is 0.320 e. The first kappa shape index (κ1) is 31.1. The number of amides is 5. The molecular formula is C31H40N6O4S. The molecule has 2 aliphatic heterocycles. The first-order valence-electron chi connectivity index (χ1n) is 14.1. The van der Waals surface area contributed by atoms with Gasteiger partial charge in [0.2, 0.25) is 11.8 Å². The van der Waals surface area contributed by atoms with Crippen LogP contribution in [0.15, 0.2) is 47.5 Å². The number of allylic oxidation sites excluding steroid dienone is 1. The van der Waals surface area contributed by atoms with Gasteiger partial charge in [-0.2, -0.15) is 0 Å². The summed E-state index contributed by atoms with van der Waals surface area (Å²) in [5.74, 6) is -1.23. The molecule has 1 aromatic heterocycles. The summed E-state index contributed by atoms with van der Waals surface area (Å²) in [7, 11) is 0. The van der Waals surface area contributed by atoms with Crippen molar-refractivity contribution in [1.29, 1.82) is 0 Å². The number of rotatable bonds is 6. The second-order valence-corrected chi connectivity index (χ2v) is 13.3. The molecule has 11 heteroatoms. The number of aryl methyl sites for hydroxylation is 1. The molecule has 0 bridgehead atoms. The molecule has 4 rings (SSSR count). The fourth-order valence-electron chi connectivity index (χ4n) is 4.96. The minimum atomic E-state index is -0.990. The van der Waals surface area contributed by atoms with Crippen LogP contribution < -0.4 is 21.3 Å². The predicted molar refractivity (Wildman–Crippen MR) is 166 cm³/mol. The van der Waals surface area contributed by atoms with Crippen LogP contribution in [-0.4, -0.2) is 64.2 Å². The molecule has 2 unspecified atom stereocenters. The first-order valence-corrected chi connectivity index (χ1v) is 15.0. The molecule has 2 aliphatic rings. The van der Waals surface area contributed by atoms with Crippen LogP contribution in [0.1, 0.15) is 57.6 Å². The number of benzene rings is 1. The van der Waals surface area contributed by atoms with Gasteiger partial charge in [-0.1, -0.05) is 39.0 Å². The molecule has 1 fully saturated rings. The molecule has 2 atom stereocenters. The highest BCUT2D eigenvalue weighted by atomic mass is 32.2. The highest BCUT2D eigenvalue weighted by molar-refractivity contribution is 8.04. The number of aromatic nitrogens is 1. The molecule has 2 aromatic rings. The Morgan fingerprint density at radius 1 is 1.17 bits per heavy atom. The number of piperazine rings is 1. The van der Waals surface area contributed by atoms with E-state index in [2.05, 4.69) is 47.0 Å². The summed E-state index contributed by atoms with van der Waals surface area (Å²) in [5.41, 5.74) is 2.37. The monoisotopic (exact) mass is 592 g/mol. The van der Waals surface area contributed by atoms with Gasteiger partial charge in [-0.25, -0.2) is 4.79 Å². The smallest absolute Gasteiger partial charge is 0.320 e. The van der Waals surface area contributed by atoms with Crippen molar-refractivity contribution in [2.24, 2.45) is 11.3 Å². The summed E-state index contributed by atoms with van der Waals surface area (Å²) in [6.07, 6.45) is 3.58. The fraction of sp³-hybridized carbons (Fsp3) is 0.452. The van der Waals surface area contributed by atoms with Gasteiger partial charge >= 0.3 is 6.03 Å². The fourth-order valence-corrected chi connectivity index (χ4v) is 6.32. The molecule has 10 nitrogen and oxygen atoms in total. The molecule has 42 heavy (non-hydrogen) atoms. The van der Waals surface area contributed by atoms with E-state index in [1.54, 1.807) is 31.0 Å². The highest BCUT2D eigenvalue weighted by Gasteiger charge is 2.46. The number of nitrogens with zero attached hydrogens (tertiary/aromatic N) is 2. The Morgan fingerprint density at radius 2 is 1.90 bits per heavy atom. The second kappa shape index (κ2) is 12.2. The number of anilines is 1. The lowest BCUT2D eigenvalue weighted by Crippen LogP contribution is -2.65. The second-order valence-electron chi connectivity index (χ2n) is 12.1. The van der Waals surface area contributed by atoms with E-state index in [0.29, 0.717) is 31.0 Å². The Morgan fingerprint density at radius 3 is 2.55 bits per heavy atom. The number of urea groups is 1. The van der Waals surface area contributed by atoms with E-state index in [9.17, 15) is 19.2 Å². The predicted octanol–water partition coefficient (Wildman–Crippen LogP) is 4.28. The Hall–Kier alpha value is -3.86. The van der Waals surface area contributed by atoms with Gasteiger partial charge in [0.25, 0.3) is 5.91 Å². The van der Waals surface area contributed by atoms with Gasteiger partial charge in [-0.15, -0.1) is 11.8 Å². The zero-order chi connectivity index (χ0) is 30.8. The van der Waals surface area contributed by atoms with Gasteiger partial charge in [0, 0.05) is 37.1 Å². The van der Waals surface area contributed by atoms with Crippen molar-refractivity contribution in [1.82, 2.24) is 25.8 Å². The highest BCUT2D eigenvalue weighted by Crippen LogP contribution is 2.45. The Kier molecular flexibility index (Phi) is 9.01. The quantitative estimate of drug-likeness (QED) is 0.396. The molecule has 0 radical (unpaired) electrons. The van der Waals surface area contributed by atoms with Gasteiger partial charge in [-0.05, 0) is 67.3 Å². The van der Waals surface area contributed by atoms with E-state index >= 15 is 0 Å². The molecule has 1 saturated heterocycles. The maximum atomic E-state index is 13.8. The van der Waals surface area contributed by atoms with E-state index in [4.69, 9.17) is 0 Å². The summed E-state index contributed by atoms with van der Waals surface area (Å²) < 4.78 is 0. The van der Waals surface area contributed by atoms with Crippen molar-refractivity contribution in [2.45, 2.75) is 59.4 Å². The zero-order valence-electron chi connectivity index (χ0n) is 25.3. The van der Waals surface area contributed by atoms with E-state index in [1.165, 1.54) is 11.8 Å². The van der Waals surface area contributed by atoms with Gasteiger partial charge in [0.15, 0.2) is 0 Å². The SMILES string of the molecule is CCNC(=O)c1ccc(-c2cc(NC(=O)NC3SC(C(C)(C)C)=CC3C(=O)N3CCNC(=O)C3(C)C)ccc2C)cn1. The van der Waals surface area contributed by atoms with Gasteiger partial charge < -0.3 is 26.2 Å². The van der Waals surface area contributed by atoms with Gasteiger partial charge in [-0.3, -0.25) is 19.4 Å². The normalized spacial score (nSPS) is 19.9. The van der Waals surface area contributed by atoms with Crippen molar-refractivity contribution >= 4 is 41.2 Å². The molecular weight excluding hydrogens is 552 g/mol. The van der Waals surface area contributed by atoms with Crippen LogP contribution in [0.25, 0.3) is 11.1 Å². The summed E-state index contributed by atoms with van der Waals surface area (Å²) in [4.78, 5) is 58.6. The van der Waals surface area contributed by atoms with Crippen LogP contribution in [0.3, 0.4) is 0 Å². The average molecular weight is 593 g/mol. The van der Waals surface area contributed by atoms with Crippen LogP contribution in [-0.2, 0) is 9.59 Å². The van der Waals surface area contributed by atoms with E-state index in [1.807, 2.05) is 44.2 Å². The third kappa shape index (κ3) is 6.61. The maximum absolute atomic E-state index is 13.8. The molecule has 5 amide bonds. The van der Waals surface area contributed by atoms with Crippen molar-refractivity contribution < 1.29 is 19.2 Å². The van der Waals surface area contributed by atoms with Crippen LogP contribution in [0.5, 0.6) is 0 Å². The van der Waals surface area contributed by atoms with Crippen LogP contribution in [0, 0.1) is 18.3 Å². The lowest BCUT2D eigenvalue weighted by molar-refractivity contribution is -0.151. The lowest BCUT2D eigenvalue weighted by atomic mass is 9.92. The zero-order valence-corrected chi connectivity index (χ0v) is 26.1. The summed E-state index contributed by atoms with van der Waals surface area (Å²) in [6, 6.07) is 8.64. The van der Waals surface area contributed by atoms with Gasteiger partial charge in [0.05, 0.1) is 11.3 Å². The average Bonchev–Trinajstić information content (AvgIpc) is 3.35. The number of hydrogen-bond acceptors (Lipinski definition) is 6. The molecule has 1 aromatic carbocycles. The van der Waals surface area contributed by atoms with Crippen molar-refractivity contribution in [3.63, 3.8) is 0 Å². The number of carbonyl (C=O) groups is 4. The summed E-state index contributed by atoms with van der Waals surface area (Å²) in [6.45, 7) is 14.8. The topological polar surface area (TPSA) is 133 Å². The van der Waals surface area contributed by atoms with Crippen LogP contribution in [0.4, 0.5) is 10.5 Å². The minimum Gasteiger partial charge on any atom is -0.352 e. The third-order valence-electron chi connectivity index (χ3n) is 7.47. The first-order chi connectivity index (χ1) is 19.7. The number of carbonyl (C=O) groups excluding carboxylic acids is 4. The lowest BCUT2D eigenvalue weighted by Gasteiger charge is -2.42. The number of nitrogens with one attached hydrogen (secondary N) is 4. The summed E-state index contributed by atoms with van der Waals surface area (Å²) >= 11 is 1.47. The molecule has 0 saturated carbocycles. The Labute approximate surface area is 251 Å². The third-order valence-corrected chi connectivity index (χ3v) is 9.13. The largest absolute Gasteiger partial charge is 0.352 e. The molecule has 224 valence electrons. The standard InChI is InChI=1S/C31H40N6O4S/c1-8-32-25(38)23-12-10-19(17-34-23)21-15-20(11-9-18(21)2)35-29(41)36-26-22(16-24(42-26)30(3,4)5)27(39)37-14-13-33-28(40)31(37,6)7/h9-12,15-17,22,26H,8,13-14H2,1-7H3,(H,32,38)(H,33,40)(H2,35,36,41). The van der Waals surface area contributed by atoms with Gasteiger partial charge in [0.1, 0.15) is 11.2 Å². The molecule has 4 N–H and O–H groups in total.